The summed E-state index contributed by atoms with van der Waals surface area (Å²) in [5.74, 6) is 0.194. The molecule has 1 saturated heterocycles. The Bertz CT molecular complexity index is 1110. The fourth-order valence-electron chi connectivity index (χ4n) is 3.55. The highest BCUT2D eigenvalue weighted by molar-refractivity contribution is 6.31. The SMILES string of the molecule is O=C(c1cccc2cnc(OCc3ncc(C(F)(F)F)cc3Cl)cc12)N1CCCCC1. The van der Waals surface area contributed by atoms with E-state index < -0.39 is 11.7 Å². The Labute approximate surface area is 181 Å². The number of alkyl halides is 3. The number of carbonyl (C=O) groups excluding carboxylic acids is 1. The Morgan fingerprint density at radius 1 is 1.10 bits per heavy atom. The number of benzene rings is 1. The van der Waals surface area contributed by atoms with Crippen molar-refractivity contribution in [1.29, 1.82) is 0 Å². The van der Waals surface area contributed by atoms with Crippen LogP contribution in [0.1, 0.15) is 40.9 Å². The molecule has 4 rings (SSSR count). The number of likely N-dealkylation sites (tertiary alicyclic amines) is 1. The first-order valence-corrected chi connectivity index (χ1v) is 10.2. The van der Waals surface area contributed by atoms with E-state index in [2.05, 4.69) is 9.97 Å². The summed E-state index contributed by atoms with van der Waals surface area (Å²) in [6.45, 7) is 1.32. The standard InChI is InChI=1S/C22H19ClF3N3O2/c23-18-9-15(22(24,25)26)12-27-19(18)13-31-20-10-17-14(11-28-20)5-4-6-16(17)21(30)29-7-2-1-3-8-29/h4-6,9-12H,1-3,7-8,13H2. The van der Waals surface area contributed by atoms with Crippen LogP contribution in [0.25, 0.3) is 10.8 Å². The van der Waals surface area contributed by atoms with Gasteiger partial charge in [0.25, 0.3) is 5.91 Å². The summed E-state index contributed by atoms with van der Waals surface area (Å²) in [4.78, 5) is 22.8. The number of piperidine rings is 1. The van der Waals surface area contributed by atoms with Crippen molar-refractivity contribution in [3.05, 3.63) is 64.6 Å². The van der Waals surface area contributed by atoms with Gasteiger partial charge in [-0.15, -0.1) is 0 Å². The lowest BCUT2D eigenvalue weighted by Gasteiger charge is -2.27. The van der Waals surface area contributed by atoms with Crippen LogP contribution in [0.4, 0.5) is 13.2 Å². The van der Waals surface area contributed by atoms with E-state index in [-0.39, 0.29) is 29.1 Å². The summed E-state index contributed by atoms with van der Waals surface area (Å²) < 4.78 is 43.9. The van der Waals surface area contributed by atoms with Crippen molar-refractivity contribution in [3.63, 3.8) is 0 Å². The Kier molecular flexibility index (Phi) is 6.00. The summed E-state index contributed by atoms with van der Waals surface area (Å²) in [5.41, 5.74) is -0.197. The van der Waals surface area contributed by atoms with Gasteiger partial charge in [0.2, 0.25) is 5.88 Å². The minimum Gasteiger partial charge on any atom is -0.471 e. The van der Waals surface area contributed by atoms with Crippen LogP contribution in [-0.4, -0.2) is 33.9 Å². The van der Waals surface area contributed by atoms with Gasteiger partial charge in [0.05, 0.1) is 16.3 Å². The second kappa shape index (κ2) is 8.70. The van der Waals surface area contributed by atoms with Crippen molar-refractivity contribution in [3.8, 4) is 5.88 Å². The number of aromatic nitrogens is 2. The summed E-state index contributed by atoms with van der Waals surface area (Å²) in [7, 11) is 0. The fraction of sp³-hybridized carbons (Fsp3) is 0.318. The van der Waals surface area contributed by atoms with Crippen LogP contribution < -0.4 is 4.74 Å². The monoisotopic (exact) mass is 449 g/mol. The van der Waals surface area contributed by atoms with Gasteiger partial charge in [0.1, 0.15) is 6.61 Å². The maximum Gasteiger partial charge on any atom is 0.417 e. The number of rotatable bonds is 4. The molecule has 0 N–H and O–H groups in total. The van der Waals surface area contributed by atoms with E-state index in [0.717, 1.165) is 43.8 Å². The van der Waals surface area contributed by atoms with Gasteiger partial charge in [-0.2, -0.15) is 13.2 Å². The molecule has 0 spiro atoms. The maximum atomic E-state index is 13.0. The smallest absolute Gasteiger partial charge is 0.417 e. The summed E-state index contributed by atoms with van der Waals surface area (Å²) in [6, 6.07) is 7.92. The van der Waals surface area contributed by atoms with Crippen LogP contribution in [0.15, 0.2) is 42.7 Å². The minimum absolute atomic E-state index is 0.0325. The van der Waals surface area contributed by atoms with Crippen LogP contribution >= 0.6 is 11.6 Å². The Morgan fingerprint density at radius 3 is 2.58 bits per heavy atom. The molecule has 0 bridgehead atoms. The van der Waals surface area contributed by atoms with Gasteiger partial charge in [-0.05, 0) is 31.4 Å². The molecule has 0 atom stereocenters. The third-order valence-electron chi connectivity index (χ3n) is 5.21. The van der Waals surface area contributed by atoms with Gasteiger partial charge in [-0.25, -0.2) is 4.98 Å². The number of pyridine rings is 2. The lowest BCUT2D eigenvalue weighted by molar-refractivity contribution is -0.137. The normalized spacial score (nSPS) is 14.6. The average molecular weight is 450 g/mol. The molecule has 0 radical (unpaired) electrons. The third kappa shape index (κ3) is 4.74. The first-order valence-electron chi connectivity index (χ1n) is 9.85. The summed E-state index contributed by atoms with van der Waals surface area (Å²) in [6.07, 6.45) is 0.906. The third-order valence-corrected chi connectivity index (χ3v) is 5.54. The van der Waals surface area contributed by atoms with Crippen LogP contribution in [-0.2, 0) is 12.8 Å². The summed E-state index contributed by atoms with van der Waals surface area (Å²) >= 11 is 5.94. The molecule has 1 aliphatic rings. The number of nitrogens with zero attached hydrogens (tertiary/aromatic N) is 3. The molecule has 0 saturated carbocycles. The number of carbonyl (C=O) groups is 1. The average Bonchev–Trinajstić information content (AvgIpc) is 2.77. The van der Waals surface area contributed by atoms with E-state index >= 15 is 0 Å². The molecule has 3 heterocycles. The van der Waals surface area contributed by atoms with Crippen molar-refractivity contribution >= 4 is 28.3 Å². The van der Waals surface area contributed by atoms with E-state index in [1.54, 1.807) is 18.3 Å². The molecule has 5 nitrogen and oxygen atoms in total. The quantitative estimate of drug-likeness (QED) is 0.527. The highest BCUT2D eigenvalue weighted by Crippen LogP contribution is 2.31. The van der Waals surface area contributed by atoms with Crippen molar-refractivity contribution in [2.45, 2.75) is 32.0 Å². The second-order valence-electron chi connectivity index (χ2n) is 7.34. The topological polar surface area (TPSA) is 55.3 Å². The first-order chi connectivity index (χ1) is 14.8. The van der Waals surface area contributed by atoms with Crippen molar-refractivity contribution in [2.75, 3.05) is 13.1 Å². The van der Waals surface area contributed by atoms with Crippen LogP contribution in [0.5, 0.6) is 5.88 Å². The Morgan fingerprint density at radius 2 is 1.87 bits per heavy atom. The van der Waals surface area contributed by atoms with E-state index in [4.69, 9.17) is 16.3 Å². The Hall–Kier alpha value is -2.87. The van der Waals surface area contributed by atoms with Gasteiger partial charge >= 0.3 is 6.18 Å². The van der Waals surface area contributed by atoms with Crippen LogP contribution in [0.2, 0.25) is 5.02 Å². The predicted molar refractivity (Wildman–Crippen MR) is 110 cm³/mol. The minimum atomic E-state index is -4.52. The number of halogens is 4. The second-order valence-corrected chi connectivity index (χ2v) is 7.75. The number of fused-ring (bicyclic) bond motifs is 1. The zero-order chi connectivity index (χ0) is 22.0. The lowest BCUT2D eigenvalue weighted by atomic mass is 10.0. The number of hydrogen-bond acceptors (Lipinski definition) is 4. The molecule has 1 aromatic carbocycles. The number of amides is 1. The number of ether oxygens (including phenoxy) is 1. The zero-order valence-electron chi connectivity index (χ0n) is 16.5. The van der Waals surface area contributed by atoms with E-state index in [9.17, 15) is 18.0 Å². The molecule has 31 heavy (non-hydrogen) atoms. The summed E-state index contributed by atoms with van der Waals surface area (Å²) in [5, 5.41) is 1.35. The van der Waals surface area contributed by atoms with E-state index in [1.165, 1.54) is 0 Å². The molecular formula is C22H19ClF3N3O2. The fourth-order valence-corrected chi connectivity index (χ4v) is 3.77. The highest BCUT2D eigenvalue weighted by Gasteiger charge is 2.31. The molecular weight excluding hydrogens is 431 g/mol. The molecule has 0 unspecified atom stereocenters. The molecule has 162 valence electrons. The number of hydrogen-bond donors (Lipinski definition) is 0. The van der Waals surface area contributed by atoms with Gasteiger partial charge in [-0.3, -0.25) is 9.78 Å². The van der Waals surface area contributed by atoms with Crippen molar-refractivity contribution < 1.29 is 22.7 Å². The van der Waals surface area contributed by atoms with E-state index in [0.29, 0.717) is 17.1 Å². The molecule has 1 aliphatic heterocycles. The van der Waals surface area contributed by atoms with Crippen molar-refractivity contribution in [2.24, 2.45) is 0 Å². The highest BCUT2D eigenvalue weighted by atomic mass is 35.5. The van der Waals surface area contributed by atoms with Gasteiger partial charge in [0.15, 0.2) is 0 Å². The lowest BCUT2D eigenvalue weighted by Crippen LogP contribution is -2.35. The van der Waals surface area contributed by atoms with Gasteiger partial charge in [-0.1, -0.05) is 23.7 Å². The van der Waals surface area contributed by atoms with Gasteiger partial charge < -0.3 is 9.64 Å². The molecule has 2 aromatic heterocycles. The zero-order valence-corrected chi connectivity index (χ0v) is 17.2. The Balaban J connectivity index is 1.56. The first kappa shape index (κ1) is 21.4. The van der Waals surface area contributed by atoms with Gasteiger partial charge in [0, 0.05) is 47.9 Å². The van der Waals surface area contributed by atoms with Crippen LogP contribution in [0, 0.1) is 0 Å². The molecule has 1 amide bonds. The molecule has 9 heteroatoms. The maximum absolute atomic E-state index is 13.0. The molecule has 1 fully saturated rings. The van der Waals surface area contributed by atoms with E-state index in [1.807, 2.05) is 17.0 Å². The predicted octanol–water partition coefficient (Wildman–Crippen LogP) is 5.51. The molecule has 3 aromatic rings. The van der Waals surface area contributed by atoms with Crippen molar-refractivity contribution in [1.82, 2.24) is 14.9 Å². The molecule has 0 aliphatic carbocycles. The largest absolute Gasteiger partial charge is 0.471 e. The van der Waals surface area contributed by atoms with Crippen LogP contribution in [0.3, 0.4) is 0 Å².